The summed E-state index contributed by atoms with van der Waals surface area (Å²) in [6, 6.07) is 14.0. The molecule has 2 fully saturated rings. The van der Waals surface area contributed by atoms with Crippen molar-refractivity contribution in [2.24, 2.45) is 17.6 Å². The smallest absolute Gasteiger partial charge is 0.250 e. The summed E-state index contributed by atoms with van der Waals surface area (Å²) in [6.07, 6.45) is 0.790. The van der Waals surface area contributed by atoms with Crippen molar-refractivity contribution in [3.05, 3.63) is 64.7 Å². The number of hydrogen-bond donors (Lipinski definition) is 3. The highest BCUT2D eigenvalue weighted by Gasteiger charge is 2.70. The highest BCUT2D eigenvalue weighted by Crippen LogP contribution is 2.53. The number of imide groups is 1. The molecule has 2 aromatic rings. The summed E-state index contributed by atoms with van der Waals surface area (Å²) in [4.78, 5) is 53.2. The van der Waals surface area contributed by atoms with Gasteiger partial charge in [0.25, 0.3) is 0 Å². The van der Waals surface area contributed by atoms with Crippen molar-refractivity contribution < 1.29 is 19.2 Å². The van der Waals surface area contributed by atoms with Gasteiger partial charge in [0.2, 0.25) is 23.6 Å². The molecule has 0 radical (unpaired) electrons. The summed E-state index contributed by atoms with van der Waals surface area (Å²) in [5, 5.41) is 6.51. The first kappa shape index (κ1) is 21.6. The molecule has 3 aliphatic heterocycles. The Morgan fingerprint density at radius 3 is 2.58 bits per heavy atom. The molecular formula is C24H23ClN4O4. The van der Waals surface area contributed by atoms with E-state index in [1.54, 1.807) is 18.2 Å². The van der Waals surface area contributed by atoms with Gasteiger partial charge in [-0.3, -0.25) is 29.4 Å². The summed E-state index contributed by atoms with van der Waals surface area (Å²) in [5.41, 5.74) is 6.02. The monoisotopic (exact) mass is 466 g/mol. The van der Waals surface area contributed by atoms with Crippen molar-refractivity contribution in [2.45, 2.75) is 30.8 Å². The number of carbonyl (C=O) groups is 4. The molecule has 0 aliphatic carbocycles. The van der Waals surface area contributed by atoms with Gasteiger partial charge in [0, 0.05) is 35.3 Å². The van der Waals surface area contributed by atoms with Crippen molar-refractivity contribution >= 4 is 40.9 Å². The van der Waals surface area contributed by atoms with Crippen LogP contribution in [-0.4, -0.2) is 41.1 Å². The van der Waals surface area contributed by atoms with Crippen LogP contribution in [0.2, 0.25) is 5.02 Å². The molecule has 5 rings (SSSR count). The molecular weight excluding hydrogens is 444 g/mol. The molecule has 1 spiro atoms. The molecule has 8 nitrogen and oxygen atoms in total. The maximum atomic E-state index is 13.7. The minimum absolute atomic E-state index is 0.0342. The zero-order valence-corrected chi connectivity index (χ0v) is 18.5. The van der Waals surface area contributed by atoms with Gasteiger partial charge in [0.1, 0.15) is 5.54 Å². The third-order valence-corrected chi connectivity index (χ3v) is 7.17. The topological polar surface area (TPSA) is 122 Å². The van der Waals surface area contributed by atoms with E-state index in [0.29, 0.717) is 22.7 Å². The van der Waals surface area contributed by atoms with Crippen LogP contribution in [0.25, 0.3) is 0 Å². The van der Waals surface area contributed by atoms with Gasteiger partial charge >= 0.3 is 0 Å². The lowest BCUT2D eigenvalue weighted by molar-refractivity contribution is -0.142. The zero-order chi connectivity index (χ0) is 23.3. The number of halogens is 1. The van der Waals surface area contributed by atoms with Crippen LogP contribution < -0.4 is 16.4 Å². The molecule has 0 saturated carbocycles. The average Bonchev–Trinajstić information content (AvgIpc) is 3.37. The second kappa shape index (κ2) is 7.97. The number of nitrogens with one attached hydrogen (secondary N) is 2. The van der Waals surface area contributed by atoms with Crippen LogP contribution in [0.3, 0.4) is 0 Å². The highest BCUT2D eigenvalue weighted by atomic mass is 35.5. The molecule has 4 amide bonds. The lowest BCUT2D eigenvalue weighted by Gasteiger charge is -2.29. The summed E-state index contributed by atoms with van der Waals surface area (Å²) in [6.45, 7) is 0.220. The van der Waals surface area contributed by atoms with Gasteiger partial charge in [0.05, 0.1) is 11.8 Å². The first-order valence-electron chi connectivity index (χ1n) is 10.9. The second-order valence-electron chi connectivity index (χ2n) is 8.78. The maximum absolute atomic E-state index is 13.7. The summed E-state index contributed by atoms with van der Waals surface area (Å²) in [7, 11) is 0. The Bertz CT molecular complexity index is 1170. The van der Waals surface area contributed by atoms with Gasteiger partial charge in [-0.15, -0.1) is 0 Å². The third-order valence-electron chi connectivity index (χ3n) is 6.94. The van der Waals surface area contributed by atoms with E-state index < -0.39 is 41.1 Å². The fourth-order valence-electron chi connectivity index (χ4n) is 5.49. The molecule has 2 aromatic carbocycles. The van der Waals surface area contributed by atoms with Gasteiger partial charge < -0.3 is 11.1 Å². The first-order chi connectivity index (χ1) is 15.8. The number of anilines is 1. The lowest BCUT2D eigenvalue weighted by atomic mass is 9.76. The minimum Gasteiger partial charge on any atom is -0.370 e. The van der Waals surface area contributed by atoms with Crippen LogP contribution >= 0.6 is 11.6 Å². The molecule has 2 saturated heterocycles. The van der Waals surface area contributed by atoms with E-state index >= 15 is 0 Å². The van der Waals surface area contributed by atoms with E-state index in [1.165, 1.54) is 4.90 Å². The van der Waals surface area contributed by atoms with Gasteiger partial charge in [-0.05, 0) is 36.6 Å². The Morgan fingerprint density at radius 2 is 1.85 bits per heavy atom. The average molecular weight is 467 g/mol. The fourth-order valence-corrected chi connectivity index (χ4v) is 5.66. The van der Waals surface area contributed by atoms with Crippen LogP contribution in [0.5, 0.6) is 0 Å². The SMILES string of the molecule is NC(=O)CC[C@@H]1N[C@@]2(C(=O)Nc3ccc(Cl)cc32)[C@@H]2C(=O)N(CCc3ccccc3)C(=O)[C@@H]12. The van der Waals surface area contributed by atoms with E-state index in [9.17, 15) is 19.2 Å². The molecule has 0 bridgehead atoms. The molecule has 0 unspecified atom stereocenters. The Labute approximate surface area is 195 Å². The van der Waals surface area contributed by atoms with Crippen molar-refractivity contribution in [3.63, 3.8) is 0 Å². The number of fused-ring (bicyclic) bond motifs is 4. The normalized spacial score (nSPS) is 27.7. The Balaban J connectivity index is 1.53. The Hall–Kier alpha value is -3.23. The second-order valence-corrected chi connectivity index (χ2v) is 9.21. The van der Waals surface area contributed by atoms with Gasteiger partial charge in [-0.1, -0.05) is 41.9 Å². The zero-order valence-electron chi connectivity index (χ0n) is 17.7. The molecule has 33 heavy (non-hydrogen) atoms. The van der Waals surface area contributed by atoms with Crippen LogP contribution in [0.15, 0.2) is 48.5 Å². The minimum atomic E-state index is -1.43. The molecule has 9 heteroatoms. The number of primary amides is 1. The predicted octanol–water partition coefficient (Wildman–Crippen LogP) is 1.57. The van der Waals surface area contributed by atoms with E-state index in [4.69, 9.17) is 17.3 Å². The van der Waals surface area contributed by atoms with Crippen LogP contribution in [0, 0.1) is 11.8 Å². The van der Waals surface area contributed by atoms with Crippen molar-refractivity contribution in [3.8, 4) is 0 Å². The fraction of sp³-hybridized carbons (Fsp3) is 0.333. The summed E-state index contributed by atoms with van der Waals surface area (Å²) >= 11 is 6.24. The first-order valence-corrected chi connectivity index (χ1v) is 11.3. The number of rotatable bonds is 6. The number of likely N-dealkylation sites (tertiary alicyclic amines) is 1. The van der Waals surface area contributed by atoms with Gasteiger partial charge in [0.15, 0.2) is 0 Å². The van der Waals surface area contributed by atoms with E-state index in [0.717, 1.165) is 5.56 Å². The van der Waals surface area contributed by atoms with E-state index in [2.05, 4.69) is 10.6 Å². The van der Waals surface area contributed by atoms with E-state index in [-0.39, 0.29) is 25.3 Å². The number of carbonyl (C=O) groups excluding carboxylic acids is 4. The largest absolute Gasteiger partial charge is 0.370 e. The molecule has 3 aliphatic rings. The number of nitrogens with two attached hydrogens (primary N) is 1. The third kappa shape index (κ3) is 3.32. The molecule has 3 heterocycles. The Kier molecular flexibility index (Phi) is 5.22. The quantitative estimate of drug-likeness (QED) is 0.558. The predicted molar refractivity (Wildman–Crippen MR) is 121 cm³/mol. The highest BCUT2D eigenvalue weighted by molar-refractivity contribution is 6.31. The Morgan fingerprint density at radius 1 is 1.09 bits per heavy atom. The van der Waals surface area contributed by atoms with Crippen LogP contribution in [0.1, 0.15) is 24.0 Å². The molecule has 170 valence electrons. The number of nitrogens with zero attached hydrogens (tertiary/aromatic N) is 1. The maximum Gasteiger partial charge on any atom is 0.250 e. The standard InChI is InChI=1S/C24H23ClN4O4/c25-14-6-7-16-15(12-14)24(23(33)27-16)20-19(17(28-24)8-9-18(26)30)21(31)29(22(20)32)11-10-13-4-2-1-3-5-13/h1-7,12,17,19-20,28H,8-11H2,(H2,26,30)(H,27,33)/t17-,19-,20-,24+/m0/s1. The van der Waals surface area contributed by atoms with Crippen molar-refractivity contribution in [2.75, 3.05) is 11.9 Å². The van der Waals surface area contributed by atoms with Crippen molar-refractivity contribution in [1.82, 2.24) is 10.2 Å². The lowest BCUT2D eigenvalue weighted by Crippen LogP contribution is -2.53. The number of hydrogen-bond acceptors (Lipinski definition) is 5. The van der Waals surface area contributed by atoms with E-state index in [1.807, 2.05) is 30.3 Å². The molecule has 0 aromatic heterocycles. The molecule has 4 N–H and O–H groups in total. The summed E-state index contributed by atoms with van der Waals surface area (Å²) < 4.78 is 0. The van der Waals surface area contributed by atoms with Crippen LogP contribution in [-0.2, 0) is 31.1 Å². The molecule has 4 atom stereocenters. The number of benzene rings is 2. The number of amides is 4. The summed E-state index contributed by atoms with van der Waals surface area (Å²) in [5.74, 6) is -3.34. The van der Waals surface area contributed by atoms with Crippen LogP contribution in [0.4, 0.5) is 5.69 Å². The van der Waals surface area contributed by atoms with Gasteiger partial charge in [-0.25, -0.2) is 0 Å². The van der Waals surface area contributed by atoms with Gasteiger partial charge in [-0.2, -0.15) is 0 Å². The van der Waals surface area contributed by atoms with Crippen molar-refractivity contribution in [1.29, 1.82) is 0 Å².